The van der Waals surface area contributed by atoms with Crippen molar-refractivity contribution in [1.82, 2.24) is 20.1 Å². The van der Waals surface area contributed by atoms with Crippen LogP contribution in [0.5, 0.6) is 0 Å². The molecule has 2 amide bonds. The number of nitrogens with zero attached hydrogens (tertiary/aromatic N) is 3. The minimum atomic E-state index is -0.326. The number of thioether (sulfide) groups is 1. The Labute approximate surface area is 180 Å². The molecular weight excluding hydrogens is 398 g/mol. The molecule has 0 aliphatic heterocycles. The summed E-state index contributed by atoms with van der Waals surface area (Å²) in [7, 11) is 1.82. The highest BCUT2D eigenvalue weighted by Crippen LogP contribution is 2.21. The maximum absolute atomic E-state index is 12.4. The van der Waals surface area contributed by atoms with Crippen molar-refractivity contribution < 1.29 is 9.59 Å². The van der Waals surface area contributed by atoms with Gasteiger partial charge in [-0.2, -0.15) is 0 Å². The summed E-state index contributed by atoms with van der Waals surface area (Å²) in [6, 6.07) is 14.5. The summed E-state index contributed by atoms with van der Waals surface area (Å²) in [5, 5.41) is 14.8. The monoisotopic (exact) mass is 423 g/mol. The van der Waals surface area contributed by atoms with E-state index in [0.29, 0.717) is 16.5 Å². The molecule has 0 spiro atoms. The molecule has 0 radical (unpaired) electrons. The van der Waals surface area contributed by atoms with Crippen LogP contribution in [-0.2, 0) is 11.8 Å². The van der Waals surface area contributed by atoms with Crippen LogP contribution >= 0.6 is 11.8 Å². The van der Waals surface area contributed by atoms with E-state index in [2.05, 4.69) is 20.8 Å². The van der Waals surface area contributed by atoms with Gasteiger partial charge in [0.25, 0.3) is 5.91 Å². The van der Waals surface area contributed by atoms with E-state index in [4.69, 9.17) is 0 Å². The van der Waals surface area contributed by atoms with Crippen LogP contribution in [0.2, 0.25) is 0 Å². The maximum atomic E-state index is 12.4. The molecule has 7 nitrogen and oxygen atoms in total. The molecule has 0 fully saturated rings. The first kappa shape index (κ1) is 21.6. The fourth-order valence-electron chi connectivity index (χ4n) is 2.97. The molecule has 30 heavy (non-hydrogen) atoms. The Morgan fingerprint density at radius 3 is 2.53 bits per heavy atom. The standard InChI is InChI=1S/C22H25N5O2S/c1-14-9-8-12-18(15(14)2)24-19(28)13-30-22-26-25-20(27(22)4)16(3)23-21(29)17-10-6-5-7-11-17/h5-12,16H,13H2,1-4H3,(H,23,29)(H,24,28)/t16-/m0/s1. The molecule has 0 aliphatic carbocycles. The first-order valence-corrected chi connectivity index (χ1v) is 10.6. The second kappa shape index (κ2) is 9.58. The number of hydrogen-bond donors (Lipinski definition) is 2. The van der Waals surface area contributed by atoms with E-state index in [1.165, 1.54) is 11.8 Å². The summed E-state index contributed by atoms with van der Waals surface area (Å²) in [4.78, 5) is 24.7. The predicted octanol–water partition coefficient (Wildman–Crippen LogP) is 3.65. The van der Waals surface area contributed by atoms with E-state index < -0.39 is 0 Å². The molecule has 2 aromatic carbocycles. The zero-order valence-corrected chi connectivity index (χ0v) is 18.3. The lowest BCUT2D eigenvalue weighted by atomic mass is 10.1. The highest BCUT2D eigenvalue weighted by Gasteiger charge is 2.19. The maximum Gasteiger partial charge on any atom is 0.251 e. The normalized spacial score (nSPS) is 11.7. The molecule has 0 saturated carbocycles. The molecule has 0 bridgehead atoms. The van der Waals surface area contributed by atoms with Crippen LogP contribution in [0.25, 0.3) is 0 Å². The summed E-state index contributed by atoms with van der Waals surface area (Å²) in [5.41, 5.74) is 3.59. The lowest BCUT2D eigenvalue weighted by Crippen LogP contribution is -2.28. The minimum absolute atomic E-state index is 0.108. The predicted molar refractivity (Wildman–Crippen MR) is 119 cm³/mol. The van der Waals surface area contributed by atoms with Crippen molar-refractivity contribution in [2.75, 3.05) is 11.1 Å². The largest absolute Gasteiger partial charge is 0.342 e. The number of benzene rings is 2. The van der Waals surface area contributed by atoms with E-state index in [-0.39, 0.29) is 23.6 Å². The van der Waals surface area contributed by atoms with Crippen molar-refractivity contribution in [2.24, 2.45) is 7.05 Å². The number of amides is 2. The number of aryl methyl sites for hydroxylation is 1. The molecule has 1 aromatic heterocycles. The van der Waals surface area contributed by atoms with Gasteiger partial charge in [0, 0.05) is 18.3 Å². The van der Waals surface area contributed by atoms with Gasteiger partial charge in [-0.05, 0) is 50.1 Å². The van der Waals surface area contributed by atoms with E-state index in [1.807, 2.05) is 64.2 Å². The topological polar surface area (TPSA) is 88.9 Å². The zero-order valence-electron chi connectivity index (χ0n) is 17.5. The Morgan fingerprint density at radius 1 is 1.07 bits per heavy atom. The average molecular weight is 424 g/mol. The van der Waals surface area contributed by atoms with Gasteiger partial charge in [-0.3, -0.25) is 9.59 Å². The van der Waals surface area contributed by atoms with Crippen LogP contribution < -0.4 is 10.6 Å². The second-order valence-electron chi connectivity index (χ2n) is 7.05. The summed E-state index contributed by atoms with van der Waals surface area (Å²) < 4.78 is 1.80. The Kier molecular flexibility index (Phi) is 6.89. The highest BCUT2D eigenvalue weighted by atomic mass is 32.2. The fraction of sp³-hybridized carbons (Fsp3) is 0.273. The van der Waals surface area contributed by atoms with Gasteiger partial charge in [0.15, 0.2) is 11.0 Å². The number of anilines is 1. The molecule has 1 atom stereocenters. The molecule has 0 aliphatic rings. The third-order valence-corrected chi connectivity index (χ3v) is 5.87. The number of carbonyl (C=O) groups is 2. The third-order valence-electron chi connectivity index (χ3n) is 4.85. The van der Waals surface area contributed by atoms with Crippen LogP contribution in [0.1, 0.15) is 40.3 Å². The molecule has 156 valence electrons. The van der Waals surface area contributed by atoms with Gasteiger partial charge >= 0.3 is 0 Å². The van der Waals surface area contributed by atoms with Crippen molar-refractivity contribution in [3.8, 4) is 0 Å². The molecular formula is C22H25N5O2S. The van der Waals surface area contributed by atoms with Crippen molar-refractivity contribution in [2.45, 2.75) is 32.0 Å². The first-order chi connectivity index (χ1) is 14.4. The minimum Gasteiger partial charge on any atom is -0.342 e. The average Bonchev–Trinajstić information content (AvgIpc) is 3.11. The van der Waals surface area contributed by atoms with E-state index >= 15 is 0 Å². The van der Waals surface area contributed by atoms with Crippen molar-refractivity contribution in [3.05, 3.63) is 71.0 Å². The zero-order chi connectivity index (χ0) is 21.7. The van der Waals surface area contributed by atoms with Crippen LogP contribution in [-0.4, -0.2) is 32.3 Å². The van der Waals surface area contributed by atoms with E-state index in [1.54, 1.807) is 16.7 Å². The van der Waals surface area contributed by atoms with E-state index in [9.17, 15) is 9.59 Å². The van der Waals surface area contributed by atoms with Gasteiger partial charge in [0.1, 0.15) is 0 Å². The number of carbonyl (C=O) groups excluding carboxylic acids is 2. The Morgan fingerprint density at radius 2 is 1.80 bits per heavy atom. The van der Waals surface area contributed by atoms with Crippen LogP contribution in [0, 0.1) is 13.8 Å². The van der Waals surface area contributed by atoms with Crippen LogP contribution in [0.15, 0.2) is 53.7 Å². The third kappa shape index (κ3) is 5.07. The van der Waals surface area contributed by atoms with Crippen LogP contribution in [0.4, 0.5) is 5.69 Å². The van der Waals surface area contributed by atoms with Crippen molar-refractivity contribution >= 4 is 29.3 Å². The molecule has 1 heterocycles. The van der Waals surface area contributed by atoms with Gasteiger partial charge < -0.3 is 15.2 Å². The Bertz CT molecular complexity index is 1050. The summed E-state index contributed by atoms with van der Waals surface area (Å²) in [6.45, 7) is 5.85. The Balaban J connectivity index is 1.59. The lowest BCUT2D eigenvalue weighted by Gasteiger charge is -2.13. The number of nitrogens with one attached hydrogen (secondary N) is 2. The summed E-state index contributed by atoms with van der Waals surface area (Å²) >= 11 is 1.30. The summed E-state index contributed by atoms with van der Waals surface area (Å²) in [5.74, 6) is 0.554. The highest BCUT2D eigenvalue weighted by molar-refractivity contribution is 7.99. The molecule has 2 N–H and O–H groups in total. The van der Waals surface area contributed by atoms with Gasteiger partial charge in [0.2, 0.25) is 5.91 Å². The fourth-order valence-corrected chi connectivity index (χ4v) is 3.68. The molecule has 3 rings (SSSR count). The smallest absolute Gasteiger partial charge is 0.251 e. The molecule has 3 aromatic rings. The number of rotatable bonds is 7. The lowest BCUT2D eigenvalue weighted by molar-refractivity contribution is -0.113. The first-order valence-electron chi connectivity index (χ1n) is 9.61. The van der Waals surface area contributed by atoms with Crippen LogP contribution in [0.3, 0.4) is 0 Å². The van der Waals surface area contributed by atoms with Crippen molar-refractivity contribution in [1.29, 1.82) is 0 Å². The number of aromatic nitrogens is 3. The van der Waals surface area contributed by atoms with Crippen molar-refractivity contribution in [3.63, 3.8) is 0 Å². The number of hydrogen-bond acceptors (Lipinski definition) is 5. The van der Waals surface area contributed by atoms with E-state index in [0.717, 1.165) is 16.8 Å². The molecule has 8 heteroatoms. The second-order valence-corrected chi connectivity index (χ2v) is 7.99. The quantitative estimate of drug-likeness (QED) is 0.566. The van der Waals surface area contributed by atoms with Gasteiger partial charge in [0.05, 0.1) is 11.8 Å². The SMILES string of the molecule is Cc1cccc(NC(=O)CSc2nnc([C@H](C)NC(=O)c3ccccc3)n2C)c1C. The van der Waals surface area contributed by atoms with Gasteiger partial charge in [-0.15, -0.1) is 10.2 Å². The van der Waals surface area contributed by atoms with Gasteiger partial charge in [-0.1, -0.05) is 42.1 Å². The summed E-state index contributed by atoms with van der Waals surface area (Å²) in [6.07, 6.45) is 0. The van der Waals surface area contributed by atoms with Gasteiger partial charge in [-0.25, -0.2) is 0 Å². The Hall–Kier alpha value is -3.13. The molecule has 0 saturated heterocycles. The molecule has 0 unspecified atom stereocenters.